The summed E-state index contributed by atoms with van der Waals surface area (Å²) in [6.07, 6.45) is 4.73. The molecule has 1 atom stereocenters. The van der Waals surface area contributed by atoms with E-state index in [-0.39, 0.29) is 6.04 Å². The summed E-state index contributed by atoms with van der Waals surface area (Å²) in [4.78, 5) is 0. The minimum Gasteiger partial charge on any atom is -0.310 e. The topological polar surface area (TPSA) is 29.9 Å². The average Bonchev–Trinajstić information content (AvgIpc) is 2.77. The summed E-state index contributed by atoms with van der Waals surface area (Å²) < 4.78 is 1.80. The van der Waals surface area contributed by atoms with Gasteiger partial charge in [0, 0.05) is 29.3 Å². The van der Waals surface area contributed by atoms with Crippen molar-refractivity contribution in [1.29, 1.82) is 0 Å². The van der Waals surface area contributed by atoms with Crippen LogP contribution in [0.3, 0.4) is 0 Å². The van der Waals surface area contributed by atoms with Gasteiger partial charge in [0.1, 0.15) is 0 Å². The molecule has 0 fully saturated rings. The molecule has 1 aromatic carbocycles. The zero-order valence-electron chi connectivity index (χ0n) is 11.0. The third-order valence-electron chi connectivity index (χ3n) is 2.98. The van der Waals surface area contributed by atoms with Gasteiger partial charge in [-0.25, -0.2) is 0 Å². The van der Waals surface area contributed by atoms with Crippen LogP contribution in [-0.2, 0) is 13.5 Å². The molecule has 1 N–H and O–H groups in total. The molecule has 1 heterocycles. The van der Waals surface area contributed by atoms with Crippen molar-refractivity contribution in [3.8, 4) is 0 Å². The highest BCUT2D eigenvalue weighted by molar-refractivity contribution is 6.33. The Morgan fingerprint density at radius 2 is 2.16 bits per heavy atom. The highest BCUT2D eigenvalue weighted by atomic mass is 35.5. The molecule has 102 valence electrons. The Kier molecular flexibility index (Phi) is 4.86. The van der Waals surface area contributed by atoms with Crippen molar-refractivity contribution < 1.29 is 0 Å². The van der Waals surface area contributed by atoms with Gasteiger partial charge in [0.2, 0.25) is 0 Å². The Morgan fingerprint density at radius 1 is 1.37 bits per heavy atom. The number of benzene rings is 1. The van der Waals surface area contributed by atoms with Gasteiger partial charge >= 0.3 is 0 Å². The van der Waals surface area contributed by atoms with Crippen LogP contribution in [0, 0.1) is 0 Å². The second-order valence-electron chi connectivity index (χ2n) is 4.50. The molecule has 0 aliphatic heterocycles. The second kappa shape index (κ2) is 6.42. The summed E-state index contributed by atoms with van der Waals surface area (Å²) in [5.41, 5.74) is 2.20. The van der Waals surface area contributed by atoms with Crippen LogP contribution in [0.15, 0.2) is 30.6 Å². The van der Waals surface area contributed by atoms with Crippen molar-refractivity contribution in [3.05, 3.63) is 51.8 Å². The Hall–Kier alpha value is -1.03. The molecular weight excluding hydrogens is 281 g/mol. The lowest BCUT2D eigenvalue weighted by Gasteiger charge is -2.19. The molecular formula is C14H17Cl2N3. The zero-order chi connectivity index (χ0) is 13.8. The summed E-state index contributed by atoms with van der Waals surface area (Å²) in [5, 5.41) is 9.08. The van der Waals surface area contributed by atoms with Crippen molar-refractivity contribution >= 4 is 23.2 Å². The van der Waals surface area contributed by atoms with E-state index in [0.29, 0.717) is 5.02 Å². The Labute approximate surface area is 123 Å². The quantitative estimate of drug-likeness (QED) is 0.913. The molecule has 0 aliphatic rings. The van der Waals surface area contributed by atoms with E-state index in [1.165, 1.54) is 5.56 Å². The maximum atomic E-state index is 6.28. The molecule has 0 radical (unpaired) electrons. The highest BCUT2D eigenvalue weighted by Gasteiger charge is 2.15. The van der Waals surface area contributed by atoms with Gasteiger partial charge in [-0.1, -0.05) is 30.1 Å². The largest absolute Gasteiger partial charge is 0.310 e. The molecule has 0 saturated carbocycles. The van der Waals surface area contributed by atoms with Gasteiger partial charge in [-0.2, -0.15) is 5.10 Å². The summed E-state index contributed by atoms with van der Waals surface area (Å²) in [7, 11) is 1.91. The molecule has 19 heavy (non-hydrogen) atoms. The van der Waals surface area contributed by atoms with Gasteiger partial charge in [-0.15, -0.1) is 0 Å². The average molecular weight is 298 g/mol. The number of hydrogen-bond donors (Lipinski definition) is 1. The summed E-state index contributed by atoms with van der Waals surface area (Å²) >= 11 is 12.3. The third kappa shape index (κ3) is 3.72. The number of halogens is 2. The lowest BCUT2D eigenvalue weighted by atomic mass is 10.0. The summed E-state index contributed by atoms with van der Waals surface area (Å²) in [6, 6.07) is 5.71. The molecule has 3 nitrogen and oxygen atoms in total. The molecule has 1 aromatic heterocycles. The lowest BCUT2D eigenvalue weighted by Crippen LogP contribution is -2.23. The van der Waals surface area contributed by atoms with E-state index in [2.05, 4.69) is 17.3 Å². The highest BCUT2D eigenvalue weighted by Crippen LogP contribution is 2.28. The van der Waals surface area contributed by atoms with Gasteiger partial charge < -0.3 is 5.32 Å². The number of nitrogens with zero attached hydrogens (tertiary/aromatic N) is 2. The predicted octanol–water partition coefficient (Wildman–Crippen LogP) is 3.62. The van der Waals surface area contributed by atoms with E-state index in [9.17, 15) is 0 Å². The second-order valence-corrected chi connectivity index (χ2v) is 5.35. The van der Waals surface area contributed by atoms with Crippen LogP contribution in [0.5, 0.6) is 0 Å². The van der Waals surface area contributed by atoms with Crippen molar-refractivity contribution in [3.63, 3.8) is 0 Å². The maximum absolute atomic E-state index is 6.28. The van der Waals surface area contributed by atoms with Gasteiger partial charge in [0.05, 0.1) is 6.20 Å². The molecule has 5 heteroatoms. The SMILES string of the molecule is CCNC(Cc1cnn(C)c1)c1cc(Cl)ccc1Cl. The van der Waals surface area contributed by atoms with Crippen LogP contribution in [0.4, 0.5) is 0 Å². The smallest absolute Gasteiger partial charge is 0.0522 e. The summed E-state index contributed by atoms with van der Waals surface area (Å²) in [6.45, 7) is 2.95. The first-order valence-electron chi connectivity index (χ1n) is 6.26. The van der Waals surface area contributed by atoms with Crippen LogP contribution >= 0.6 is 23.2 Å². The van der Waals surface area contributed by atoms with E-state index >= 15 is 0 Å². The molecule has 0 aliphatic carbocycles. The van der Waals surface area contributed by atoms with E-state index in [4.69, 9.17) is 23.2 Å². The molecule has 0 amide bonds. The predicted molar refractivity (Wildman–Crippen MR) is 79.8 cm³/mol. The molecule has 1 unspecified atom stereocenters. The van der Waals surface area contributed by atoms with E-state index in [1.54, 1.807) is 10.7 Å². The first-order chi connectivity index (χ1) is 9.10. The number of rotatable bonds is 5. The van der Waals surface area contributed by atoms with Crippen molar-refractivity contribution in [2.24, 2.45) is 7.05 Å². The number of likely N-dealkylation sites (N-methyl/N-ethyl adjacent to an activating group) is 1. The first-order valence-corrected chi connectivity index (χ1v) is 7.01. The number of nitrogens with one attached hydrogen (secondary N) is 1. The Morgan fingerprint density at radius 3 is 2.79 bits per heavy atom. The molecule has 0 spiro atoms. The van der Waals surface area contributed by atoms with Crippen molar-refractivity contribution in [2.45, 2.75) is 19.4 Å². The number of hydrogen-bond acceptors (Lipinski definition) is 2. The summed E-state index contributed by atoms with van der Waals surface area (Å²) in [5.74, 6) is 0. The zero-order valence-corrected chi connectivity index (χ0v) is 12.5. The fraction of sp³-hybridized carbons (Fsp3) is 0.357. The minimum absolute atomic E-state index is 0.139. The van der Waals surface area contributed by atoms with E-state index in [0.717, 1.165) is 23.6 Å². The fourth-order valence-corrected chi connectivity index (χ4v) is 2.56. The normalized spacial score (nSPS) is 12.6. The molecule has 2 aromatic rings. The Bertz CT molecular complexity index is 551. The van der Waals surface area contributed by atoms with E-state index < -0.39 is 0 Å². The first kappa shape index (κ1) is 14.4. The van der Waals surface area contributed by atoms with Crippen LogP contribution < -0.4 is 5.32 Å². The van der Waals surface area contributed by atoms with Crippen LogP contribution in [0.1, 0.15) is 24.1 Å². The molecule has 0 bridgehead atoms. The van der Waals surface area contributed by atoms with Crippen molar-refractivity contribution in [1.82, 2.24) is 15.1 Å². The lowest BCUT2D eigenvalue weighted by molar-refractivity contribution is 0.550. The van der Waals surface area contributed by atoms with Gasteiger partial charge in [-0.3, -0.25) is 4.68 Å². The van der Waals surface area contributed by atoms with E-state index in [1.807, 2.05) is 31.6 Å². The van der Waals surface area contributed by atoms with Crippen LogP contribution in [-0.4, -0.2) is 16.3 Å². The molecule has 2 rings (SSSR count). The minimum atomic E-state index is 0.139. The number of aryl methyl sites for hydroxylation is 1. The van der Waals surface area contributed by atoms with Gasteiger partial charge in [0.25, 0.3) is 0 Å². The van der Waals surface area contributed by atoms with Gasteiger partial charge in [-0.05, 0) is 42.3 Å². The fourth-order valence-electron chi connectivity index (χ4n) is 2.13. The number of aromatic nitrogens is 2. The standard InChI is InChI=1S/C14H17Cl2N3/c1-3-17-14(6-10-8-18-19(2)9-10)12-7-11(15)4-5-13(12)16/h4-5,7-9,14,17H,3,6H2,1-2H3. The Balaban J connectivity index is 2.26. The van der Waals surface area contributed by atoms with Gasteiger partial charge in [0.15, 0.2) is 0 Å². The van der Waals surface area contributed by atoms with Crippen LogP contribution in [0.2, 0.25) is 10.0 Å². The molecule has 0 saturated heterocycles. The monoisotopic (exact) mass is 297 g/mol. The van der Waals surface area contributed by atoms with Crippen molar-refractivity contribution in [2.75, 3.05) is 6.54 Å². The maximum Gasteiger partial charge on any atom is 0.0522 e. The van der Waals surface area contributed by atoms with Crippen LogP contribution in [0.25, 0.3) is 0 Å². The third-order valence-corrected chi connectivity index (χ3v) is 3.56.